The van der Waals surface area contributed by atoms with E-state index in [1.54, 1.807) is 6.20 Å². The number of nitrogens with one attached hydrogen (secondary N) is 1. The molecular formula is C14H15ClN2O2S. The average Bonchev–Trinajstić information content (AvgIpc) is 2.75. The Balaban J connectivity index is 1.78. The van der Waals surface area contributed by atoms with Crippen molar-refractivity contribution in [3.8, 4) is 0 Å². The Morgan fingerprint density at radius 3 is 2.95 bits per heavy atom. The maximum atomic E-state index is 11.4. The summed E-state index contributed by atoms with van der Waals surface area (Å²) in [6.45, 7) is 0.668. The van der Waals surface area contributed by atoms with Gasteiger partial charge in [0.1, 0.15) is 0 Å². The van der Waals surface area contributed by atoms with Crippen LogP contribution in [0.15, 0.2) is 30.5 Å². The molecule has 0 saturated carbocycles. The number of fused-ring (bicyclic) bond motifs is 1. The highest BCUT2D eigenvalue weighted by Crippen LogP contribution is 2.25. The number of aromatic nitrogens is 1. The number of halogens is 1. The standard InChI is InChI=1S/C14H15ClN2O2S/c15-11-1-2-12-13(3-5-16-14(12)7-11)17-8-10-4-6-20(18,19)9-10/h1-3,5,7,10H,4,6,8-9H2,(H,16,17). The Morgan fingerprint density at radius 1 is 1.35 bits per heavy atom. The molecule has 6 heteroatoms. The molecule has 0 aliphatic carbocycles. The maximum Gasteiger partial charge on any atom is 0.150 e. The minimum Gasteiger partial charge on any atom is -0.384 e. The molecule has 2 aromatic rings. The average molecular weight is 311 g/mol. The Kier molecular flexibility index (Phi) is 3.56. The molecule has 1 unspecified atom stereocenters. The lowest BCUT2D eigenvalue weighted by Crippen LogP contribution is -2.15. The van der Waals surface area contributed by atoms with Crippen molar-refractivity contribution in [2.45, 2.75) is 6.42 Å². The second-order valence-corrected chi connectivity index (χ2v) is 7.84. The van der Waals surface area contributed by atoms with Gasteiger partial charge in [0.05, 0.1) is 17.0 Å². The molecule has 1 saturated heterocycles. The van der Waals surface area contributed by atoms with Gasteiger partial charge in [0.2, 0.25) is 0 Å². The monoisotopic (exact) mass is 310 g/mol. The van der Waals surface area contributed by atoms with Crippen molar-refractivity contribution in [2.75, 3.05) is 23.4 Å². The largest absolute Gasteiger partial charge is 0.384 e. The van der Waals surface area contributed by atoms with Crippen LogP contribution in [0.4, 0.5) is 5.69 Å². The molecule has 1 aliphatic heterocycles. The highest BCUT2D eigenvalue weighted by Gasteiger charge is 2.27. The Morgan fingerprint density at radius 2 is 2.20 bits per heavy atom. The van der Waals surface area contributed by atoms with Gasteiger partial charge in [0.15, 0.2) is 9.84 Å². The quantitative estimate of drug-likeness (QED) is 0.947. The molecule has 1 aliphatic rings. The van der Waals surface area contributed by atoms with Crippen LogP contribution < -0.4 is 5.32 Å². The molecule has 4 nitrogen and oxygen atoms in total. The summed E-state index contributed by atoms with van der Waals surface area (Å²) in [5, 5.41) is 4.99. The molecular weight excluding hydrogens is 296 g/mol. The van der Waals surface area contributed by atoms with Gasteiger partial charge in [0.25, 0.3) is 0 Å². The Labute approximate surface area is 123 Å². The van der Waals surface area contributed by atoms with Crippen LogP contribution in [0.3, 0.4) is 0 Å². The summed E-state index contributed by atoms with van der Waals surface area (Å²) in [5.74, 6) is 0.788. The van der Waals surface area contributed by atoms with Gasteiger partial charge >= 0.3 is 0 Å². The molecule has 2 heterocycles. The highest BCUT2D eigenvalue weighted by molar-refractivity contribution is 7.91. The van der Waals surface area contributed by atoms with E-state index < -0.39 is 9.84 Å². The third kappa shape index (κ3) is 2.88. The van der Waals surface area contributed by atoms with Gasteiger partial charge in [-0.3, -0.25) is 4.98 Å². The van der Waals surface area contributed by atoms with Crippen molar-refractivity contribution in [3.05, 3.63) is 35.5 Å². The Bertz CT molecular complexity index is 746. The number of nitrogens with zero attached hydrogens (tertiary/aromatic N) is 1. The van der Waals surface area contributed by atoms with Crippen molar-refractivity contribution in [1.29, 1.82) is 0 Å². The summed E-state index contributed by atoms with van der Waals surface area (Å²) in [7, 11) is -2.82. The van der Waals surface area contributed by atoms with E-state index in [0.29, 0.717) is 17.3 Å². The van der Waals surface area contributed by atoms with E-state index in [4.69, 9.17) is 11.6 Å². The second-order valence-electron chi connectivity index (χ2n) is 5.17. The van der Waals surface area contributed by atoms with Crippen molar-refractivity contribution >= 4 is 38.0 Å². The van der Waals surface area contributed by atoms with Crippen molar-refractivity contribution in [2.24, 2.45) is 5.92 Å². The molecule has 106 valence electrons. The fraction of sp³-hybridized carbons (Fsp3) is 0.357. The van der Waals surface area contributed by atoms with Crippen molar-refractivity contribution in [3.63, 3.8) is 0 Å². The minimum absolute atomic E-state index is 0.190. The highest BCUT2D eigenvalue weighted by atomic mass is 35.5. The SMILES string of the molecule is O=S1(=O)CCC(CNc2ccnc3cc(Cl)ccc23)C1. The molecule has 1 aromatic carbocycles. The number of sulfone groups is 1. The number of benzene rings is 1. The summed E-state index contributed by atoms with van der Waals surface area (Å²) >= 11 is 5.96. The summed E-state index contributed by atoms with van der Waals surface area (Å²) in [6, 6.07) is 7.48. The fourth-order valence-corrected chi connectivity index (χ4v) is 4.59. The van der Waals surface area contributed by atoms with Crippen LogP contribution in [-0.4, -0.2) is 31.5 Å². The first-order chi connectivity index (χ1) is 9.53. The fourth-order valence-electron chi connectivity index (χ4n) is 2.56. The summed E-state index contributed by atoms with van der Waals surface area (Å²) in [5.41, 5.74) is 1.80. The molecule has 0 bridgehead atoms. The lowest BCUT2D eigenvalue weighted by molar-refractivity contribution is 0.596. The molecule has 0 amide bonds. The van der Waals surface area contributed by atoms with Gasteiger partial charge in [-0.1, -0.05) is 11.6 Å². The van der Waals surface area contributed by atoms with Crippen LogP contribution >= 0.6 is 11.6 Å². The summed E-state index contributed by atoms with van der Waals surface area (Å²) in [4.78, 5) is 4.29. The Hall–Kier alpha value is -1.33. The van der Waals surface area contributed by atoms with Gasteiger partial charge in [0, 0.05) is 28.8 Å². The summed E-state index contributed by atoms with van der Waals surface area (Å²) < 4.78 is 22.9. The number of pyridine rings is 1. The molecule has 1 fully saturated rings. The topological polar surface area (TPSA) is 59.1 Å². The molecule has 1 atom stereocenters. The van der Waals surface area contributed by atoms with E-state index in [1.807, 2.05) is 24.3 Å². The number of anilines is 1. The maximum absolute atomic E-state index is 11.4. The van der Waals surface area contributed by atoms with Crippen LogP contribution in [0, 0.1) is 5.92 Å². The zero-order chi connectivity index (χ0) is 14.2. The van der Waals surface area contributed by atoms with Crippen LogP contribution in [0.25, 0.3) is 10.9 Å². The van der Waals surface area contributed by atoms with E-state index >= 15 is 0 Å². The van der Waals surface area contributed by atoms with Gasteiger partial charge in [-0.25, -0.2) is 8.42 Å². The molecule has 1 N–H and O–H groups in total. The lowest BCUT2D eigenvalue weighted by Gasteiger charge is -2.12. The van der Waals surface area contributed by atoms with Gasteiger partial charge in [-0.05, 0) is 36.6 Å². The van der Waals surface area contributed by atoms with E-state index in [1.165, 1.54) is 0 Å². The van der Waals surface area contributed by atoms with Crippen LogP contribution in [0.2, 0.25) is 5.02 Å². The van der Waals surface area contributed by atoms with Gasteiger partial charge in [-0.2, -0.15) is 0 Å². The smallest absolute Gasteiger partial charge is 0.150 e. The lowest BCUT2D eigenvalue weighted by atomic mass is 10.1. The molecule has 20 heavy (non-hydrogen) atoms. The first-order valence-corrected chi connectivity index (χ1v) is 8.72. The number of hydrogen-bond acceptors (Lipinski definition) is 4. The molecule has 0 spiro atoms. The predicted octanol–water partition coefficient (Wildman–Crippen LogP) is 2.73. The van der Waals surface area contributed by atoms with Crippen LogP contribution in [-0.2, 0) is 9.84 Å². The van der Waals surface area contributed by atoms with E-state index in [0.717, 1.165) is 23.0 Å². The summed E-state index contributed by atoms with van der Waals surface area (Å²) in [6.07, 6.45) is 2.47. The van der Waals surface area contributed by atoms with E-state index in [9.17, 15) is 8.42 Å². The normalized spacial score (nSPS) is 21.1. The van der Waals surface area contributed by atoms with Gasteiger partial charge in [-0.15, -0.1) is 0 Å². The second kappa shape index (κ2) is 5.22. The molecule has 3 rings (SSSR count). The molecule has 0 radical (unpaired) electrons. The number of rotatable bonds is 3. The van der Waals surface area contributed by atoms with Crippen LogP contribution in [0.5, 0.6) is 0 Å². The zero-order valence-corrected chi connectivity index (χ0v) is 12.4. The third-order valence-corrected chi connectivity index (χ3v) is 5.68. The van der Waals surface area contributed by atoms with E-state index in [-0.39, 0.29) is 11.7 Å². The first-order valence-electron chi connectivity index (χ1n) is 6.52. The van der Waals surface area contributed by atoms with E-state index in [2.05, 4.69) is 10.3 Å². The first kappa shape index (κ1) is 13.6. The third-order valence-electron chi connectivity index (χ3n) is 3.61. The molecule has 1 aromatic heterocycles. The predicted molar refractivity (Wildman–Crippen MR) is 82.0 cm³/mol. The zero-order valence-electron chi connectivity index (χ0n) is 10.8. The van der Waals surface area contributed by atoms with Crippen molar-refractivity contribution < 1.29 is 8.42 Å². The van der Waals surface area contributed by atoms with Gasteiger partial charge < -0.3 is 5.32 Å². The number of hydrogen-bond donors (Lipinski definition) is 1. The van der Waals surface area contributed by atoms with Crippen molar-refractivity contribution in [1.82, 2.24) is 4.98 Å². The van der Waals surface area contributed by atoms with Crippen LogP contribution in [0.1, 0.15) is 6.42 Å². The minimum atomic E-state index is -2.82.